The zero-order valence-electron chi connectivity index (χ0n) is 13.1. The summed E-state index contributed by atoms with van der Waals surface area (Å²) in [4.78, 5) is 26.2. The van der Waals surface area contributed by atoms with E-state index < -0.39 is 22.7 Å². The molecule has 134 valence electrons. The highest BCUT2D eigenvalue weighted by atomic mass is 19.4. The summed E-state index contributed by atoms with van der Waals surface area (Å²) < 4.78 is 39.9. The monoisotopic (exact) mass is 365 g/mol. The Labute approximate surface area is 143 Å². The molecule has 8 nitrogen and oxygen atoms in total. The SMILES string of the molecule is Cc1cc(C(F)(F)F)n2nc(C(=O)Nc3ccc([N+](=O)[O-])cc3)cc2n1. The van der Waals surface area contributed by atoms with Crippen LogP contribution in [0.5, 0.6) is 0 Å². The van der Waals surface area contributed by atoms with E-state index in [4.69, 9.17) is 0 Å². The second-order valence-corrected chi connectivity index (χ2v) is 5.34. The lowest BCUT2D eigenvalue weighted by Gasteiger charge is -2.09. The lowest BCUT2D eigenvalue weighted by molar-refractivity contribution is -0.384. The van der Waals surface area contributed by atoms with Crippen LogP contribution < -0.4 is 5.32 Å². The molecule has 0 fully saturated rings. The van der Waals surface area contributed by atoms with Gasteiger partial charge in [0.05, 0.1) is 4.92 Å². The van der Waals surface area contributed by atoms with Crippen molar-refractivity contribution < 1.29 is 22.9 Å². The number of halogens is 3. The number of nitro benzene ring substituents is 1. The normalized spacial score (nSPS) is 11.5. The van der Waals surface area contributed by atoms with Crippen molar-refractivity contribution in [2.45, 2.75) is 13.1 Å². The number of amides is 1. The molecule has 3 rings (SSSR count). The standard InChI is InChI=1S/C15H10F3N5O3/c1-8-6-12(15(16,17)18)22-13(19-8)7-11(21-22)14(24)20-9-2-4-10(5-3-9)23(25)26/h2-7H,1H3,(H,20,24). The number of carbonyl (C=O) groups is 1. The van der Waals surface area contributed by atoms with Crippen LogP contribution in [0.25, 0.3) is 5.65 Å². The van der Waals surface area contributed by atoms with Gasteiger partial charge in [0.2, 0.25) is 0 Å². The van der Waals surface area contributed by atoms with Crippen LogP contribution in [0.4, 0.5) is 24.5 Å². The quantitative estimate of drug-likeness (QED) is 0.567. The number of nitrogens with one attached hydrogen (secondary N) is 1. The maximum Gasteiger partial charge on any atom is 0.433 e. The van der Waals surface area contributed by atoms with Gasteiger partial charge in [-0.1, -0.05) is 0 Å². The van der Waals surface area contributed by atoms with Crippen molar-refractivity contribution >= 4 is 22.9 Å². The molecule has 1 amide bonds. The third kappa shape index (κ3) is 3.31. The summed E-state index contributed by atoms with van der Waals surface area (Å²) in [5.74, 6) is -0.768. The molecule has 11 heteroatoms. The minimum absolute atomic E-state index is 0.119. The summed E-state index contributed by atoms with van der Waals surface area (Å²) >= 11 is 0. The van der Waals surface area contributed by atoms with Crippen molar-refractivity contribution in [2.75, 3.05) is 5.32 Å². The molecule has 0 spiro atoms. The molecule has 0 saturated heterocycles. The Morgan fingerprint density at radius 3 is 2.46 bits per heavy atom. The van der Waals surface area contributed by atoms with E-state index in [0.29, 0.717) is 4.52 Å². The summed E-state index contributed by atoms with van der Waals surface area (Å²) in [6.45, 7) is 1.40. The average molecular weight is 365 g/mol. The van der Waals surface area contributed by atoms with E-state index in [-0.39, 0.29) is 28.4 Å². The molecule has 1 aromatic carbocycles. The first-order valence-electron chi connectivity index (χ1n) is 7.15. The Morgan fingerprint density at radius 1 is 1.23 bits per heavy atom. The van der Waals surface area contributed by atoms with Gasteiger partial charge in [-0.3, -0.25) is 14.9 Å². The first kappa shape index (κ1) is 17.3. The molecule has 1 N–H and O–H groups in total. The highest BCUT2D eigenvalue weighted by molar-refractivity contribution is 6.03. The van der Waals surface area contributed by atoms with Gasteiger partial charge < -0.3 is 5.32 Å². The Morgan fingerprint density at radius 2 is 1.88 bits per heavy atom. The number of hydrogen-bond donors (Lipinski definition) is 1. The highest BCUT2D eigenvalue weighted by Gasteiger charge is 2.35. The third-order valence-corrected chi connectivity index (χ3v) is 3.41. The van der Waals surface area contributed by atoms with Crippen molar-refractivity contribution in [3.63, 3.8) is 0 Å². The molecular formula is C15H10F3N5O3. The summed E-state index contributed by atoms with van der Waals surface area (Å²) in [6.07, 6.45) is -4.66. The van der Waals surface area contributed by atoms with Crippen LogP contribution in [0, 0.1) is 17.0 Å². The number of carbonyl (C=O) groups excluding carboxylic acids is 1. The van der Waals surface area contributed by atoms with Crippen molar-refractivity contribution in [2.24, 2.45) is 0 Å². The number of benzene rings is 1. The van der Waals surface area contributed by atoms with Crippen LogP contribution in [0.1, 0.15) is 21.9 Å². The summed E-state index contributed by atoms with van der Waals surface area (Å²) in [7, 11) is 0. The Hall–Kier alpha value is -3.50. The van der Waals surface area contributed by atoms with Gasteiger partial charge in [0.1, 0.15) is 5.69 Å². The van der Waals surface area contributed by atoms with Crippen LogP contribution in [-0.2, 0) is 6.18 Å². The second-order valence-electron chi connectivity index (χ2n) is 5.34. The largest absolute Gasteiger partial charge is 0.433 e. The fraction of sp³-hybridized carbons (Fsp3) is 0.133. The number of nitro groups is 1. The fourth-order valence-electron chi connectivity index (χ4n) is 2.27. The molecule has 0 aliphatic carbocycles. The van der Waals surface area contributed by atoms with E-state index >= 15 is 0 Å². The van der Waals surface area contributed by atoms with E-state index in [0.717, 1.165) is 12.1 Å². The molecule has 3 aromatic rings. The molecule has 0 radical (unpaired) electrons. The lowest BCUT2D eigenvalue weighted by Crippen LogP contribution is -2.15. The van der Waals surface area contributed by atoms with Gasteiger partial charge in [0.15, 0.2) is 11.3 Å². The number of aromatic nitrogens is 3. The first-order valence-corrected chi connectivity index (χ1v) is 7.15. The van der Waals surface area contributed by atoms with Gasteiger partial charge in [-0.05, 0) is 25.1 Å². The number of rotatable bonds is 3. The number of nitrogens with zero attached hydrogens (tertiary/aromatic N) is 4. The molecule has 2 heterocycles. The molecule has 0 bridgehead atoms. The van der Waals surface area contributed by atoms with Crippen LogP contribution in [0.2, 0.25) is 0 Å². The first-order chi connectivity index (χ1) is 12.1. The zero-order chi connectivity index (χ0) is 19.1. The van der Waals surface area contributed by atoms with Crippen molar-refractivity contribution in [3.8, 4) is 0 Å². The minimum Gasteiger partial charge on any atom is -0.321 e. The van der Waals surface area contributed by atoms with Gasteiger partial charge in [0, 0.05) is 29.6 Å². The van der Waals surface area contributed by atoms with E-state index in [9.17, 15) is 28.1 Å². The second kappa shape index (κ2) is 6.10. The number of alkyl halides is 3. The van der Waals surface area contributed by atoms with Crippen LogP contribution in [0.15, 0.2) is 36.4 Å². The van der Waals surface area contributed by atoms with Gasteiger partial charge in [0.25, 0.3) is 11.6 Å². The van der Waals surface area contributed by atoms with Gasteiger partial charge in [-0.15, -0.1) is 0 Å². The number of anilines is 1. The average Bonchev–Trinajstić information content (AvgIpc) is 2.97. The number of non-ortho nitro benzene ring substituents is 1. The Balaban J connectivity index is 1.92. The lowest BCUT2D eigenvalue weighted by atomic mass is 10.2. The molecular weight excluding hydrogens is 355 g/mol. The Kier molecular flexibility index (Phi) is 4.06. The third-order valence-electron chi connectivity index (χ3n) is 3.41. The summed E-state index contributed by atoms with van der Waals surface area (Å²) in [5, 5.41) is 16.7. The topological polar surface area (TPSA) is 102 Å². The van der Waals surface area contributed by atoms with E-state index in [1.165, 1.54) is 31.2 Å². The highest BCUT2D eigenvalue weighted by Crippen LogP contribution is 2.30. The number of fused-ring (bicyclic) bond motifs is 1. The van der Waals surface area contributed by atoms with Crippen LogP contribution in [-0.4, -0.2) is 25.4 Å². The van der Waals surface area contributed by atoms with Crippen molar-refractivity contribution in [1.29, 1.82) is 0 Å². The molecule has 0 unspecified atom stereocenters. The van der Waals surface area contributed by atoms with Crippen molar-refractivity contribution in [3.05, 3.63) is 63.6 Å². The Bertz CT molecular complexity index is 1010. The molecule has 26 heavy (non-hydrogen) atoms. The van der Waals surface area contributed by atoms with Crippen LogP contribution >= 0.6 is 0 Å². The minimum atomic E-state index is -4.66. The van der Waals surface area contributed by atoms with Gasteiger partial charge >= 0.3 is 6.18 Å². The van der Waals surface area contributed by atoms with E-state index in [2.05, 4.69) is 15.4 Å². The molecule has 0 saturated carbocycles. The molecule has 0 aliphatic heterocycles. The van der Waals surface area contributed by atoms with E-state index in [1.54, 1.807) is 0 Å². The van der Waals surface area contributed by atoms with Gasteiger partial charge in [-0.25, -0.2) is 9.50 Å². The van der Waals surface area contributed by atoms with Gasteiger partial charge in [-0.2, -0.15) is 18.3 Å². The molecule has 2 aromatic heterocycles. The number of hydrogen-bond acceptors (Lipinski definition) is 5. The predicted molar refractivity (Wildman–Crippen MR) is 83.8 cm³/mol. The van der Waals surface area contributed by atoms with Crippen LogP contribution in [0.3, 0.4) is 0 Å². The zero-order valence-corrected chi connectivity index (χ0v) is 13.1. The smallest absolute Gasteiger partial charge is 0.321 e. The fourth-order valence-corrected chi connectivity index (χ4v) is 2.27. The maximum atomic E-state index is 13.1. The molecule has 0 aliphatic rings. The number of aryl methyl sites for hydroxylation is 1. The summed E-state index contributed by atoms with van der Waals surface area (Å²) in [5.41, 5.74) is -1.23. The van der Waals surface area contributed by atoms with Crippen molar-refractivity contribution in [1.82, 2.24) is 14.6 Å². The van der Waals surface area contributed by atoms with E-state index in [1.807, 2.05) is 0 Å². The molecule has 0 atom stereocenters. The summed E-state index contributed by atoms with van der Waals surface area (Å²) in [6, 6.07) is 6.93. The maximum absolute atomic E-state index is 13.1. The predicted octanol–water partition coefficient (Wildman–Crippen LogP) is 3.22.